The van der Waals surface area contributed by atoms with E-state index in [-0.39, 0.29) is 24.7 Å². The number of carbonyl (C=O) groups is 1. The van der Waals surface area contributed by atoms with E-state index in [9.17, 15) is 18.0 Å². The summed E-state index contributed by atoms with van der Waals surface area (Å²) >= 11 is 0. The van der Waals surface area contributed by atoms with Crippen LogP contribution in [0.3, 0.4) is 0 Å². The van der Waals surface area contributed by atoms with Gasteiger partial charge >= 0.3 is 6.18 Å². The molecule has 128 valence electrons. The van der Waals surface area contributed by atoms with Crippen LogP contribution in [0.25, 0.3) is 0 Å². The molecular weight excluding hydrogens is 323 g/mol. The first kappa shape index (κ1) is 17.7. The molecule has 2 rings (SSSR count). The molecule has 24 heavy (non-hydrogen) atoms. The van der Waals surface area contributed by atoms with E-state index < -0.39 is 12.8 Å². The number of hydrogen-bond donors (Lipinski definition) is 1. The number of ether oxygens (including phenoxy) is 2. The molecule has 7 heteroatoms. The summed E-state index contributed by atoms with van der Waals surface area (Å²) in [5.74, 6) is 0.504. The lowest BCUT2D eigenvalue weighted by molar-refractivity contribution is -0.153. The zero-order valence-electron chi connectivity index (χ0n) is 12.7. The quantitative estimate of drug-likeness (QED) is 0.828. The lowest BCUT2D eigenvalue weighted by atomic mass is 10.3. The average Bonchev–Trinajstić information content (AvgIpc) is 2.54. The highest BCUT2D eigenvalue weighted by molar-refractivity contribution is 5.90. The summed E-state index contributed by atoms with van der Waals surface area (Å²) < 4.78 is 46.1. The molecule has 0 saturated carbocycles. The van der Waals surface area contributed by atoms with Crippen molar-refractivity contribution in [2.75, 3.05) is 18.5 Å². The van der Waals surface area contributed by atoms with Crippen molar-refractivity contribution < 1.29 is 27.4 Å². The van der Waals surface area contributed by atoms with Gasteiger partial charge in [-0.25, -0.2) is 0 Å². The number of carbonyl (C=O) groups excluding carboxylic acids is 1. The molecule has 0 spiro atoms. The van der Waals surface area contributed by atoms with E-state index in [1.807, 2.05) is 18.2 Å². The molecule has 0 atom stereocenters. The van der Waals surface area contributed by atoms with Crippen molar-refractivity contribution in [1.29, 1.82) is 0 Å². The minimum absolute atomic E-state index is 0.0812. The predicted octanol–water partition coefficient (Wildman–Crippen LogP) is 4.04. The van der Waals surface area contributed by atoms with E-state index in [1.54, 1.807) is 12.1 Å². The molecule has 0 aliphatic carbocycles. The van der Waals surface area contributed by atoms with Gasteiger partial charge in [0.05, 0.1) is 13.0 Å². The monoisotopic (exact) mass is 339 g/mol. The number of hydrogen-bond acceptors (Lipinski definition) is 3. The fraction of sp³-hybridized carbons (Fsp3) is 0.235. The Hall–Kier alpha value is -2.70. The Bertz CT molecular complexity index is 642. The second-order valence-electron chi connectivity index (χ2n) is 4.89. The molecule has 0 aromatic heterocycles. The number of anilines is 1. The van der Waals surface area contributed by atoms with Crippen molar-refractivity contribution in [1.82, 2.24) is 0 Å². The molecule has 0 fully saturated rings. The maximum Gasteiger partial charge on any atom is 0.422 e. The summed E-state index contributed by atoms with van der Waals surface area (Å²) in [6.07, 6.45) is -4.23. The van der Waals surface area contributed by atoms with E-state index in [4.69, 9.17) is 4.74 Å². The van der Waals surface area contributed by atoms with Crippen LogP contribution in [0.2, 0.25) is 0 Å². The molecule has 0 aliphatic heterocycles. The fourth-order valence-corrected chi connectivity index (χ4v) is 1.80. The molecule has 2 aromatic rings. The van der Waals surface area contributed by atoms with Gasteiger partial charge in [-0.05, 0) is 36.4 Å². The molecular formula is C17H16F3NO3. The molecule has 2 aromatic carbocycles. The highest BCUT2D eigenvalue weighted by atomic mass is 19.4. The topological polar surface area (TPSA) is 47.6 Å². The molecule has 0 heterocycles. The van der Waals surface area contributed by atoms with Crippen LogP contribution in [0, 0.1) is 0 Å². The summed E-state index contributed by atoms with van der Waals surface area (Å²) in [7, 11) is 0. The molecule has 0 bridgehead atoms. The largest absolute Gasteiger partial charge is 0.493 e. The SMILES string of the molecule is O=C(CCOc1ccccc1)Nc1ccc(OCC(F)(F)F)cc1. The summed E-state index contributed by atoms with van der Waals surface area (Å²) in [4.78, 5) is 11.8. The molecule has 0 aliphatic rings. The predicted molar refractivity (Wildman–Crippen MR) is 83.2 cm³/mol. The summed E-state index contributed by atoms with van der Waals surface area (Å²) in [6, 6.07) is 14.8. The van der Waals surface area contributed by atoms with Gasteiger partial charge in [-0.3, -0.25) is 4.79 Å². The standard InChI is InChI=1S/C17H16F3NO3/c18-17(19,20)12-24-15-8-6-13(7-9-15)21-16(22)10-11-23-14-4-2-1-3-5-14/h1-9H,10-12H2,(H,21,22). The number of amides is 1. The van der Waals surface area contributed by atoms with Gasteiger partial charge in [0.2, 0.25) is 5.91 Å². The van der Waals surface area contributed by atoms with Crippen molar-refractivity contribution >= 4 is 11.6 Å². The van der Waals surface area contributed by atoms with E-state index >= 15 is 0 Å². The molecule has 4 nitrogen and oxygen atoms in total. The Morgan fingerprint density at radius 2 is 1.54 bits per heavy atom. The smallest absolute Gasteiger partial charge is 0.422 e. The Labute approximate surface area is 137 Å². The minimum Gasteiger partial charge on any atom is -0.493 e. The Morgan fingerprint density at radius 1 is 0.917 bits per heavy atom. The van der Waals surface area contributed by atoms with Crippen molar-refractivity contribution in [2.24, 2.45) is 0 Å². The Kier molecular flexibility index (Phi) is 6.06. The van der Waals surface area contributed by atoms with Gasteiger partial charge in [-0.1, -0.05) is 18.2 Å². The number of benzene rings is 2. The van der Waals surface area contributed by atoms with E-state index in [2.05, 4.69) is 10.1 Å². The second kappa shape index (κ2) is 8.24. The first-order valence-electron chi connectivity index (χ1n) is 7.20. The summed E-state index contributed by atoms with van der Waals surface area (Å²) in [5, 5.41) is 2.63. The highest BCUT2D eigenvalue weighted by Crippen LogP contribution is 2.20. The maximum absolute atomic E-state index is 12.0. The molecule has 0 radical (unpaired) electrons. The van der Waals surface area contributed by atoms with Crippen LogP contribution in [0.4, 0.5) is 18.9 Å². The zero-order chi connectivity index (χ0) is 17.4. The third kappa shape index (κ3) is 6.60. The van der Waals surface area contributed by atoms with Crippen LogP contribution >= 0.6 is 0 Å². The van der Waals surface area contributed by atoms with E-state index in [1.165, 1.54) is 24.3 Å². The highest BCUT2D eigenvalue weighted by Gasteiger charge is 2.28. The lowest BCUT2D eigenvalue weighted by Crippen LogP contribution is -2.19. The van der Waals surface area contributed by atoms with Crippen molar-refractivity contribution in [3.8, 4) is 11.5 Å². The molecule has 0 unspecified atom stereocenters. The van der Waals surface area contributed by atoms with Crippen molar-refractivity contribution in [2.45, 2.75) is 12.6 Å². The maximum atomic E-state index is 12.0. The number of para-hydroxylation sites is 1. The van der Waals surface area contributed by atoms with Gasteiger partial charge in [-0.15, -0.1) is 0 Å². The third-order valence-corrected chi connectivity index (χ3v) is 2.88. The van der Waals surface area contributed by atoms with Crippen LogP contribution < -0.4 is 14.8 Å². The average molecular weight is 339 g/mol. The number of rotatable bonds is 7. The minimum atomic E-state index is -4.38. The van der Waals surface area contributed by atoms with Crippen LogP contribution in [0.1, 0.15) is 6.42 Å². The van der Waals surface area contributed by atoms with Crippen LogP contribution in [-0.4, -0.2) is 25.3 Å². The third-order valence-electron chi connectivity index (χ3n) is 2.88. The van der Waals surface area contributed by atoms with Gasteiger partial charge in [0.1, 0.15) is 11.5 Å². The van der Waals surface area contributed by atoms with Crippen LogP contribution in [-0.2, 0) is 4.79 Å². The summed E-state index contributed by atoms with van der Waals surface area (Å²) in [5.41, 5.74) is 0.471. The van der Waals surface area contributed by atoms with E-state index in [0.29, 0.717) is 11.4 Å². The van der Waals surface area contributed by atoms with E-state index in [0.717, 1.165) is 0 Å². The van der Waals surface area contributed by atoms with Crippen molar-refractivity contribution in [3.05, 3.63) is 54.6 Å². The van der Waals surface area contributed by atoms with Crippen LogP contribution in [0.5, 0.6) is 11.5 Å². The number of halogens is 3. The second-order valence-corrected chi connectivity index (χ2v) is 4.89. The normalized spacial score (nSPS) is 11.0. The van der Waals surface area contributed by atoms with Crippen LogP contribution in [0.15, 0.2) is 54.6 Å². The van der Waals surface area contributed by atoms with Gasteiger partial charge in [-0.2, -0.15) is 13.2 Å². The lowest BCUT2D eigenvalue weighted by Gasteiger charge is -2.10. The zero-order valence-corrected chi connectivity index (χ0v) is 12.7. The number of alkyl halides is 3. The molecule has 1 N–H and O–H groups in total. The first-order chi connectivity index (χ1) is 11.4. The fourth-order valence-electron chi connectivity index (χ4n) is 1.80. The van der Waals surface area contributed by atoms with Gasteiger partial charge < -0.3 is 14.8 Å². The Morgan fingerprint density at radius 3 is 2.17 bits per heavy atom. The number of nitrogens with one attached hydrogen (secondary N) is 1. The summed E-state index contributed by atoms with van der Waals surface area (Å²) in [6.45, 7) is -1.13. The van der Waals surface area contributed by atoms with Crippen molar-refractivity contribution in [3.63, 3.8) is 0 Å². The molecule has 0 saturated heterocycles. The first-order valence-corrected chi connectivity index (χ1v) is 7.20. The van der Waals surface area contributed by atoms with Gasteiger partial charge in [0.25, 0.3) is 0 Å². The van der Waals surface area contributed by atoms with Gasteiger partial charge in [0.15, 0.2) is 6.61 Å². The molecule has 1 amide bonds. The Balaban J connectivity index is 1.73. The van der Waals surface area contributed by atoms with Gasteiger partial charge in [0, 0.05) is 5.69 Å².